The maximum absolute atomic E-state index is 12.2. The van der Waals surface area contributed by atoms with Crippen LogP contribution in [0.1, 0.15) is 13.3 Å². The van der Waals surface area contributed by atoms with Crippen molar-refractivity contribution in [2.75, 3.05) is 50.5 Å². The molecule has 1 amide bonds. The second-order valence-corrected chi connectivity index (χ2v) is 5.73. The van der Waals surface area contributed by atoms with Gasteiger partial charge in [0.2, 0.25) is 5.91 Å². The average Bonchev–Trinajstić information content (AvgIpc) is 2.47. The minimum absolute atomic E-state index is 0.228. The lowest BCUT2D eigenvalue weighted by molar-refractivity contribution is -0.132. The first-order valence-corrected chi connectivity index (χ1v) is 7.47. The highest BCUT2D eigenvalue weighted by molar-refractivity contribution is 5.76. The molecule has 2 N–H and O–H groups in total. The number of carbonyl (C=O) groups is 1. The number of ether oxygens (including phenoxy) is 1. The van der Waals surface area contributed by atoms with Crippen molar-refractivity contribution in [3.63, 3.8) is 0 Å². The largest absolute Gasteiger partial charge is 0.399 e. The van der Waals surface area contributed by atoms with Crippen LogP contribution in [0.15, 0.2) is 24.3 Å². The van der Waals surface area contributed by atoms with Crippen LogP contribution in [0.2, 0.25) is 0 Å². The van der Waals surface area contributed by atoms with Gasteiger partial charge < -0.3 is 20.3 Å². The van der Waals surface area contributed by atoms with Crippen molar-refractivity contribution in [1.82, 2.24) is 4.90 Å². The second-order valence-electron chi connectivity index (χ2n) is 5.73. The van der Waals surface area contributed by atoms with Gasteiger partial charge in [0.05, 0.1) is 0 Å². The molecule has 0 radical (unpaired) electrons. The van der Waals surface area contributed by atoms with E-state index in [-0.39, 0.29) is 11.8 Å². The van der Waals surface area contributed by atoms with Gasteiger partial charge in [-0.1, -0.05) is 13.0 Å². The van der Waals surface area contributed by atoms with Crippen LogP contribution < -0.4 is 10.6 Å². The van der Waals surface area contributed by atoms with E-state index in [0.717, 1.165) is 37.6 Å². The van der Waals surface area contributed by atoms with Crippen LogP contribution in [0.25, 0.3) is 0 Å². The minimum atomic E-state index is 0.228. The van der Waals surface area contributed by atoms with E-state index in [4.69, 9.17) is 10.5 Å². The highest BCUT2D eigenvalue weighted by Gasteiger charge is 2.22. The lowest BCUT2D eigenvalue weighted by atomic mass is 10.1. The number of benzene rings is 1. The summed E-state index contributed by atoms with van der Waals surface area (Å²) in [5, 5.41) is 0. The summed E-state index contributed by atoms with van der Waals surface area (Å²) in [6, 6.07) is 7.90. The molecule has 1 saturated heterocycles. The standard InChI is InChI=1S/C16H25N3O2/c1-13(12-21-2)10-16(20)19-8-6-18(7-9-19)15-5-3-4-14(17)11-15/h3-5,11,13H,6-10,12,17H2,1-2H3. The molecule has 2 rings (SSSR count). The van der Waals surface area contributed by atoms with E-state index in [1.165, 1.54) is 0 Å². The third-order valence-corrected chi connectivity index (χ3v) is 3.84. The number of nitrogens with zero attached hydrogens (tertiary/aromatic N) is 2. The van der Waals surface area contributed by atoms with E-state index in [1.807, 2.05) is 30.0 Å². The molecule has 5 heteroatoms. The van der Waals surface area contributed by atoms with E-state index >= 15 is 0 Å². The summed E-state index contributed by atoms with van der Waals surface area (Å²) in [6.07, 6.45) is 0.562. The van der Waals surface area contributed by atoms with Gasteiger partial charge in [-0.15, -0.1) is 0 Å². The Bertz CT molecular complexity index is 470. The fraction of sp³-hybridized carbons (Fsp3) is 0.562. The van der Waals surface area contributed by atoms with E-state index < -0.39 is 0 Å². The molecule has 1 unspecified atom stereocenters. The number of nitrogen functional groups attached to an aromatic ring is 1. The van der Waals surface area contributed by atoms with Crippen molar-refractivity contribution in [1.29, 1.82) is 0 Å². The van der Waals surface area contributed by atoms with Gasteiger partial charge in [-0.2, -0.15) is 0 Å². The lowest BCUT2D eigenvalue weighted by Crippen LogP contribution is -2.49. The van der Waals surface area contributed by atoms with Crippen molar-refractivity contribution < 1.29 is 9.53 Å². The monoisotopic (exact) mass is 291 g/mol. The Morgan fingerprint density at radius 1 is 1.33 bits per heavy atom. The maximum Gasteiger partial charge on any atom is 0.223 e. The molecule has 1 aromatic carbocycles. The number of methoxy groups -OCH3 is 1. The van der Waals surface area contributed by atoms with Gasteiger partial charge >= 0.3 is 0 Å². The zero-order valence-electron chi connectivity index (χ0n) is 12.9. The van der Waals surface area contributed by atoms with Crippen LogP contribution >= 0.6 is 0 Å². The quantitative estimate of drug-likeness (QED) is 0.837. The Kier molecular flexibility index (Phi) is 5.44. The van der Waals surface area contributed by atoms with Crippen LogP contribution in [0, 0.1) is 5.92 Å². The fourth-order valence-electron chi connectivity index (χ4n) is 2.71. The number of hydrogen-bond acceptors (Lipinski definition) is 4. The summed E-state index contributed by atoms with van der Waals surface area (Å²) < 4.78 is 5.09. The molecule has 1 fully saturated rings. The highest BCUT2D eigenvalue weighted by Crippen LogP contribution is 2.19. The van der Waals surface area contributed by atoms with Gasteiger partial charge in [0.1, 0.15) is 0 Å². The molecule has 1 aromatic rings. The summed E-state index contributed by atoms with van der Waals surface area (Å²) >= 11 is 0. The van der Waals surface area contributed by atoms with E-state index in [1.54, 1.807) is 7.11 Å². The van der Waals surface area contributed by atoms with Crippen molar-refractivity contribution in [3.05, 3.63) is 24.3 Å². The maximum atomic E-state index is 12.2. The van der Waals surface area contributed by atoms with Gasteiger partial charge in [0.15, 0.2) is 0 Å². The Balaban J connectivity index is 1.84. The van der Waals surface area contributed by atoms with Crippen molar-refractivity contribution >= 4 is 17.3 Å². The average molecular weight is 291 g/mol. The van der Waals surface area contributed by atoms with Crippen LogP contribution in [0.4, 0.5) is 11.4 Å². The fourth-order valence-corrected chi connectivity index (χ4v) is 2.71. The SMILES string of the molecule is COCC(C)CC(=O)N1CCN(c2cccc(N)c2)CC1. The summed E-state index contributed by atoms with van der Waals surface area (Å²) in [5.74, 6) is 0.501. The molecule has 1 heterocycles. The van der Waals surface area contributed by atoms with Crippen LogP contribution in [-0.4, -0.2) is 50.7 Å². The van der Waals surface area contributed by atoms with Crippen LogP contribution in [0.5, 0.6) is 0 Å². The molecule has 0 saturated carbocycles. The van der Waals surface area contributed by atoms with Gasteiger partial charge in [0, 0.05) is 57.7 Å². The van der Waals surface area contributed by atoms with E-state index in [9.17, 15) is 4.79 Å². The predicted molar refractivity (Wildman–Crippen MR) is 85.3 cm³/mol. The third-order valence-electron chi connectivity index (χ3n) is 3.84. The van der Waals surface area contributed by atoms with Gasteiger partial charge in [-0.25, -0.2) is 0 Å². The normalized spacial score (nSPS) is 16.9. The molecule has 1 atom stereocenters. The van der Waals surface area contributed by atoms with E-state index in [0.29, 0.717) is 13.0 Å². The molecule has 0 bridgehead atoms. The molecule has 0 spiro atoms. The van der Waals surface area contributed by atoms with Crippen LogP contribution in [0.3, 0.4) is 0 Å². The van der Waals surface area contributed by atoms with E-state index in [2.05, 4.69) is 11.0 Å². The zero-order valence-corrected chi connectivity index (χ0v) is 12.9. The van der Waals surface area contributed by atoms with Crippen LogP contribution in [-0.2, 0) is 9.53 Å². The van der Waals surface area contributed by atoms with Crippen molar-refractivity contribution in [2.24, 2.45) is 5.92 Å². The molecular weight excluding hydrogens is 266 g/mol. The first kappa shape index (κ1) is 15.6. The summed E-state index contributed by atoms with van der Waals surface area (Å²) in [7, 11) is 1.67. The molecule has 0 aromatic heterocycles. The summed E-state index contributed by atoms with van der Waals surface area (Å²) in [5.41, 5.74) is 7.73. The molecule has 116 valence electrons. The first-order valence-electron chi connectivity index (χ1n) is 7.47. The van der Waals surface area contributed by atoms with Gasteiger partial charge in [0.25, 0.3) is 0 Å². The van der Waals surface area contributed by atoms with Gasteiger partial charge in [-0.05, 0) is 24.1 Å². The Hall–Kier alpha value is -1.75. The second kappa shape index (κ2) is 7.31. The number of anilines is 2. The number of hydrogen-bond donors (Lipinski definition) is 1. The zero-order chi connectivity index (χ0) is 15.2. The topological polar surface area (TPSA) is 58.8 Å². The van der Waals surface area contributed by atoms with Crippen molar-refractivity contribution in [2.45, 2.75) is 13.3 Å². The summed E-state index contributed by atoms with van der Waals surface area (Å²) in [6.45, 7) is 5.93. The number of amides is 1. The molecular formula is C16H25N3O2. The lowest BCUT2D eigenvalue weighted by Gasteiger charge is -2.36. The molecule has 5 nitrogen and oxygen atoms in total. The first-order chi connectivity index (χ1) is 10.1. The number of nitrogens with two attached hydrogens (primary N) is 1. The highest BCUT2D eigenvalue weighted by atomic mass is 16.5. The Morgan fingerprint density at radius 2 is 2.05 bits per heavy atom. The summed E-state index contributed by atoms with van der Waals surface area (Å²) in [4.78, 5) is 16.4. The minimum Gasteiger partial charge on any atom is -0.399 e. The number of rotatable bonds is 5. The van der Waals surface area contributed by atoms with Gasteiger partial charge in [-0.3, -0.25) is 4.79 Å². The predicted octanol–water partition coefficient (Wildman–Crippen LogP) is 1.59. The Morgan fingerprint density at radius 3 is 2.67 bits per heavy atom. The molecule has 1 aliphatic rings. The number of piperazine rings is 1. The molecule has 21 heavy (non-hydrogen) atoms. The number of carbonyl (C=O) groups excluding carboxylic acids is 1. The van der Waals surface area contributed by atoms with Crippen molar-refractivity contribution in [3.8, 4) is 0 Å². The smallest absolute Gasteiger partial charge is 0.223 e. The molecule has 0 aliphatic carbocycles. The molecule has 1 aliphatic heterocycles. The third kappa shape index (κ3) is 4.36. The Labute approximate surface area is 126 Å².